The number of anilines is 1. The number of amides is 1. The number of carbonyl (C=O) groups excluding carboxylic acids is 1. The summed E-state index contributed by atoms with van der Waals surface area (Å²) in [7, 11) is 0. The second kappa shape index (κ2) is 6.94. The van der Waals surface area contributed by atoms with Crippen LogP contribution in [0, 0.1) is 12.3 Å². The van der Waals surface area contributed by atoms with Crippen LogP contribution in [0.4, 0.5) is 5.69 Å². The van der Waals surface area contributed by atoms with Crippen molar-refractivity contribution in [1.29, 1.82) is 0 Å². The number of nitrogens with zero attached hydrogens (tertiary/aromatic N) is 2. The molecule has 1 N–H and O–H groups in total. The Morgan fingerprint density at radius 3 is 2.92 bits per heavy atom. The number of hydrogen-bond acceptors (Lipinski definition) is 4. The van der Waals surface area contributed by atoms with E-state index in [0.29, 0.717) is 26.2 Å². The molecule has 0 aromatic heterocycles. The lowest BCUT2D eigenvalue weighted by atomic mass is 10.0. The molecule has 0 saturated carbocycles. The van der Waals surface area contributed by atoms with E-state index in [1.807, 2.05) is 61.4 Å². The fourth-order valence-corrected chi connectivity index (χ4v) is 2.85. The van der Waals surface area contributed by atoms with Crippen LogP contribution in [0.2, 0.25) is 0 Å². The zero-order chi connectivity index (χ0) is 17.9. The van der Waals surface area contributed by atoms with Crippen molar-refractivity contribution in [2.24, 2.45) is 0 Å². The van der Waals surface area contributed by atoms with E-state index in [1.165, 1.54) is 0 Å². The molecular weight excluding hydrogens is 314 g/mol. The Morgan fingerprint density at radius 1 is 1.40 bits per heavy atom. The second-order valence-electron chi connectivity index (χ2n) is 6.62. The van der Waals surface area contributed by atoms with Gasteiger partial charge in [-0.2, -0.15) is 0 Å². The number of allylic oxidation sites excluding steroid dienone is 1. The van der Waals surface area contributed by atoms with E-state index in [2.05, 4.69) is 16.1 Å². The fourth-order valence-electron chi connectivity index (χ4n) is 2.85. The summed E-state index contributed by atoms with van der Waals surface area (Å²) in [6, 6.07) is 7.78. The lowest BCUT2D eigenvalue weighted by molar-refractivity contribution is -0.119. The van der Waals surface area contributed by atoms with Gasteiger partial charge in [0.2, 0.25) is 5.91 Å². The number of nitrogens with one attached hydrogen (secondary N) is 1. The van der Waals surface area contributed by atoms with Gasteiger partial charge in [-0.1, -0.05) is 18.1 Å². The molecule has 2 heterocycles. The van der Waals surface area contributed by atoms with Crippen LogP contribution in [-0.2, 0) is 4.79 Å². The maximum atomic E-state index is 12.4. The predicted octanol–water partition coefficient (Wildman–Crippen LogP) is 2.13. The third-order valence-electron chi connectivity index (χ3n) is 4.46. The second-order valence-corrected chi connectivity index (χ2v) is 6.62. The molecule has 0 unspecified atom stereocenters. The summed E-state index contributed by atoms with van der Waals surface area (Å²) < 4.78 is 5.62. The van der Waals surface area contributed by atoms with Crippen LogP contribution in [0.1, 0.15) is 13.8 Å². The third kappa shape index (κ3) is 3.80. The molecule has 2 aliphatic heterocycles. The van der Waals surface area contributed by atoms with Gasteiger partial charge in [0.1, 0.15) is 12.4 Å². The number of rotatable bonds is 4. The molecule has 0 aliphatic carbocycles. The molecular formula is C20H23N3O2. The summed E-state index contributed by atoms with van der Waals surface area (Å²) in [6.07, 6.45) is 11.4. The van der Waals surface area contributed by atoms with Crippen LogP contribution in [0.3, 0.4) is 0 Å². The Balaban J connectivity index is 1.58. The molecule has 5 heteroatoms. The molecule has 0 radical (unpaired) electrons. The molecule has 1 aromatic rings. The minimum absolute atomic E-state index is 0.0442. The van der Waals surface area contributed by atoms with Crippen molar-refractivity contribution in [1.82, 2.24) is 10.2 Å². The van der Waals surface area contributed by atoms with Gasteiger partial charge in [-0.15, -0.1) is 6.42 Å². The Hall–Kier alpha value is -2.87. The minimum atomic E-state index is -0.347. The van der Waals surface area contributed by atoms with Gasteiger partial charge in [0, 0.05) is 18.4 Å². The first-order valence-corrected chi connectivity index (χ1v) is 8.39. The van der Waals surface area contributed by atoms with Crippen molar-refractivity contribution < 1.29 is 9.53 Å². The number of hydrogen-bond donors (Lipinski definition) is 1. The van der Waals surface area contributed by atoms with E-state index < -0.39 is 0 Å². The van der Waals surface area contributed by atoms with Crippen LogP contribution in [0.5, 0.6) is 5.75 Å². The van der Waals surface area contributed by atoms with Crippen molar-refractivity contribution >= 4 is 11.6 Å². The number of ether oxygens (including phenoxy) is 1. The summed E-state index contributed by atoms with van der Waals surface area (Å²) in [6.45, 7) is 6.23. The normalized spacial score (nSPS) is 16.4. The summed E-state index contributed by atoms with van der Waals surface area (Å²) in [5.74, 6) is 3.55. The molecule has 25 heavy (non-hydrogen) atoms. The van der Waals surface area contributed by atoms with Gasteiger partial charge in [-0.05, 0) is 38.1 Å². The largest absolute Gasteiger partial charge is 0.490 e. The minimum Gasteiger partial charge on any atom is -0.490 e. The Kier molecular flexibility index (Phi) is 4.71. The monoisotopic (exact) mass is 337 g/mol. The zero-order valence-electron chi connectivity index (χ0n) is 14.7. The lowest BCUT2D eigenvalue weighted by Crippen LogP contribution is -2.43. The van der Waals surface area contributed by atoms with Crippen molar-refractivity contribution in [3.8, 4) is 18.1 Å². The average molecular weight is 337 g/mol. The average Bonchev–Trinajstić information content (AvgIpc) is 2.62. The summed E-state index contributed by atoms with van der Waals surface area (Å²) >= 11 is 0. The number of terminal acetylenes is 1. The first kappa shape index (κ1) is 17.0. The quantitative estimate of drug-likeness (QED) is 0.855. The molecule has 0 fully saturated rings. The number of fused-ring (bicyclic) bond motifs is 1. The van der Waals surface area contributed by atoms with Crippen molar-refractivity contribution in [2.75, 3.05) is 31.1 Å². The molecule has 130 valence electrons. The number of benzene rings is 1. The zero-order valence-corrected chi connectivity index (χ0v) is 14.7. The molecule has 3 rings (SSSR count). The molecule has 0 spiro atoms. The van der Waals surface area contributed by atoms with Gasteiger partial charge in [0.25, 0.3) is 0 Å². The van der Waals surface area contributed by atoms with Gasteiger partial charge >= 0.3 is 0 Å². The molecule has 2 aliphatic rings. The maximum absolute atomic E-state index is 12.4. The summed E-state index contributed by atoms with van der Waals surface area (Å²) in [5.41, 5.74) is 1.41. The fraction of sp³-hybridized carbons (Fsp3) is 0.350. The first-order valence-electron chi connectivity index (χ1n) is 8.39. The predicted molar refractivity (Wildman–Crippen MR) is 99.1 cm³/mol. The van der Waals surface area contributed by atoms with E-state index >= 15 is 0 Å². The molecule has 0 atom stereocenters. The van der Waals surface area contributed by atoms with Crippen LogP contribution in [0.15, 0.2) is 48.3 Å². The van der Waals surface area contributed by atoms with E-state index in [0.717, 1.165) is 17.1 Å². The molecule has 1 aromatic carbocycles. The highest BCUT2D eigenvalue weighted by Crippen LogP contribution is 2.30. The van der Waals surface area contributed by atoms with Crippen molar-refractivity contribution in [3.63, 3.8) is 0 Å². The standard InChI is InChI=1S/C20H23N3O2/c1-4-20(2,3)23-11-9-16(10-12-23)21-19(24)15-22-13-14-25-18-8-6-5-7-17(18)22/h1,5-11H,12-15H2,2-3H3,(H,21,24). The van der Waals surface area contributed by atoms with Gasteiger partial charge in [-0.25, -0.2) is 0 Å². The van der Waals surface area contributed by atoms with Gasteiger partial charge < -0.3 is 19.9 Å². The van der Waals surface area contributed by atoms with Crippen LogP contribution in [0.25, 0.3) is 0 Å². The molecule has 5 nitrogen and oxygen atoms in total. The Labute approximate surface area is 148 Å². The highest BCUT2D eigenvalue weighted by atomic mass is 16.5. The van der Waals surface area contributed by atoms with E-state index in [9.17, 15) is 4.79 Å². The number of para-hydroxylation sites is 2. The van der Waals surface area contributed by atoms with Crippen LogP contribution >= 0.6 is 0 Å². The van der Waals surface area contributed by atoms with E-state index in [1.54, 1.807) is 0 Å². The third-order valence-corrected chi connectivity index (χ3v) is 4.46. The van der Waals surface area contributed by atoms with Gasteiger partial charge in [0.15, 0.2) is 0 Å². The van der Waals surface area contributed by atoms with Crippen molar-refractivity contribution in [3.05, 3.63) is 48.3 Å². The highest BCUT2D eigenvalue weighted by Gasteiger charge is 2.23. The van der Waals surface area contributed by atoms with Crippen molar-refractivity contribution in [2.45, 2.75) is 19.4 Å². The number of carbonyl (C=O) groups is 1. The maximum Gasteiger partial charge on any atom is 0.243 e. The van der Waals surface area contributed by atoms with Crippen LogP contribution in [-0.4, -0.2) is 42.6 Å². The lowest BCUT2D eigenvalue weighted by Gasteiger charge is -2.34. The van der Waals surface area contributed by atoms with Gasteiger partial charge in [0.05, 0.1) is 24.3 Å². The molecule has 1 amide bonds. The Morgan fingerprint density at radius 2 is 2.20 bits per heavy atom. The van der Waals surface area contributed by atoms with Gasteiger partial charge in [-0.3, -0.25) is 4.79 Å². The SMILES string of the molecule is C#CC(C)(C)N1C=CC(NC(=O)CN2CCOc3ccccc32)=CC1. The van der Waals surface area contributed by atoms with Crippen LogP contribution < -0.4 is 15.0 Å². The Bertz CT molecular complexity index is 758. The summed E-state index contributed by atoms with van der Waals surface area (Å²) in [5, 5.41) is 2.96. The highest BCUT2D eigenvalue weighted by molar-refractivity contribution is 5.84. The van der Waals surface area contributed by atoms with E-state index in [-0.39, 0.29) is 11.4 Å². The molecule has 0 saturated heterocycles. The first-order chi connectivity index (χ1) is 12.0. The van der Waals surface area contributed by atoms with E-state index in [4.69, 9.17) is 11.2 Å². The molecule has 0 bridgehead atoms. The smallest absolute Gasteiger partial charge is 0.243 e. The topological polar surface area (TPSA) is 44.8 Å². The summed E-state index contributed by atoms with van der Waals surface area (Å²) in [4.78, 5) is 16.5.